The fraction of sp³-hybridized carbons (Fsp3) is 0.361. The number of nitrogens with zero attached hydrogens (tertiary/aromatic N) is 8. The van der Waals surface area contributed by atoms with Crippen LogP contribution in [-0.4, -0.2) is 183 Å². The van der Waals surface area contributed by atoms with Gasteiger partial charge in [-0.2, -0.15) is 8.42 Å². The van der Waals surface area contributed by atoms with Gasteiger partial charge in [-0.15, -0.1) is 75.7 Å². The van der Waals surface area contributed by atoms with Gasteiger partial charge in [0.05, 0.1) is 54.5 Å². The smallest absolute Gasteiger partial charge is 1.00 e. The number of benzene rings is 4. The first-order valence-corrected chi connectivity index (χ1v) is 59.3. The summed E-state index contributed by atoms with van der Waals surface area (Å²) in [6.45, 7) is 19.8. The molecule has 0 unspecified atom stereocenters. The SMILES string of the molecule is C.C#C[Si](C)(C)C.C#Cc1cccc(Cc2csc(C(=O)c3cncnc3N[C@@H]3C[C@H](CO)[C@@H](C)C3)c2)c1.C#Cc1cccc(Cc2csc(C(=O)c3cncnc3N[C@@H]3C[C@H](COS(N)(=O)=O)[C@@H](O)C3)c2)c1.CO.C[C@H]1C[C@H](Nc2ncncc2C(=O)c2cc(Cc3cccc(Br)c3)cs2)C[C@@H]1CO.C[C@H]1C[C@H](Nc2ncncc2C(=O)c2cc(Cc3cccc(C#C[Si](C)(C)C)c3)cs2)C[C@@H]1CO.O=CO[O-].[H-].[K+].[K+]. The number of carbonyl (C=O) groups is 5. The van der Waals surface area contributed by atoms with E-state index in [1.54, 1.807) is 18.6 Å². The van der Waals surface area contributed by atoms with Crippen LogP contribution in [0.4, 0.5) is 23.3 Å². The maximum Gasteiger partial charge on any atom is 1.00 e. The summed E-state index contributed by atoms with van der Waals surface area (Å²) in [4.78, 5) is 100. The molecule has 12 aromatic rings. The zero-order valence-corrected chi connectivity index (χ0v) is 97.3. The number of nitrogens with one attached hydrogen (secondary N) is 4. The fourth-order valence-corrected chi connectivity index (χ4v) is 21.7. The summed E-state index contributed by atoms with van der Waals surface area (Å²) >= 11 is 9.19. The maximum atomic E-state index is 13.4. The minimum Gasteiger partial charge on any atom is -1.00 e. The van der Waals surface area contributed by atoms with Gasteiger partial charge in [0, 0.05) is 103 Å². The second kappa shape index (κ2) is 61.7. The van der Waals surface area contributed by atoms with Gasteiger partial charge in [-0.1, -0.05) is 150 Å². The van der Waals surface area contributed by atoms with Gasteiger partial charge in [0.1, 0.15) is 64.7 Å². The fourth-order valence-electron chi connectivity index (χ4n) is 17.0. The van der Waals surface area contributed by atoms with Crippen LogP contribution in [0.1, 0.15) is 203 Å². The van der Waals surface area contributed by atoms with E-state index >= 15 is 0 Å². The average molecular weight is 2220 g/mol. The van der Waals surface area contributed by atoms with Crippen LogP contribution in [0.2, 0.25) is 39.3 Å². The summed E-state index contributed by atoms with van der Waals surface area (Å²) in [6, 6.07) is 40.2. The number of terminal acetylenes is 3. The quantitative estimate of drug-likeness (QED) is 0.00482. The van der Waals surface area contributed by atoms with Gasteiger partial charge in [0.15, 0.2) is 0 Å². The van der Waals surface area contributed by atoms with Crippen molar-refractivity contribution in [2.24, 2.45) is 46.6 Å². The molecule has 28 nitrogen and oxygen atoms in total. The molecule has 760 valence electrons. The number of ketones is 4. The molecule has 12 atom stereocenters. The molecule has 38 heteroatoms. The molecule has 0 radical (unpaired) electrons. The molecule has 0 aliphatic heterocycles. The number of nitrogens with two attached hydrogens (primary N) is 1. The summed E-state index contributed by atoms with van der Waals surface area (Å²) < 4.78 is 27.8. The van der Waals surface area contributed by atoms with E-state index < -0.39 is 38.5 Å². The van der Waals surface area contributed by atoms with Gasteiger partial charge in [0.2, 0.25) is 23.1 Å². The average Bonchev–Trinajstić information content (AvgIpc) is 1.65. The Kier molecular flexibility index (Phi) is 52.5. The third kappa shape index (κ3) is 39.3. The number of rotatable bonds is 31. The molecule has 0 spiro atoms. The Hall–Kier alpha value is -8.59. The monoisotopic (exact) mass is 2220 g/mol. The van der Waals surface area contributed by atoms with E-state index in [1.807, 2.05) is 107 Å². The first-order valence-electron chi connectivity index (χ1n) is 46.6. The summed E-state index contributed by atoms with van der Waals surface area (Å²) in [5, 5.41) is 80.7. The molecule has 0 saturated heterocycles. The summed E-state index contributed by atoms with van der Waals surface area (Å²) in [5.41, 5.74) is 19.5. The Morgan fingerprint density at radius 3 is 1.04 bits per heavy atom. The normalized spacial score (nSPS) is 18.7. The van der Waals surface area contributed by atoms with Crippen molar-refractivity contribution in [1.82, 2.24) is 39.9 Å². The first-order chi connectivity index (χ1) is 68.5. The van der Waals surface area contributed by atoms with Crippen LogP contribution in [0.25, 0.3) is 0 Å². The van der Waals surface area contributed by atoms with Crippen LogP contribution >= 0.6 is 61.3 Å². The Bertz CT molecular complexity index is 6620. The van der Waals surface area contributed by atoms with Gasteiger partial charge in [0.25, 0.3) is 6.47 Å². The molecular weight excluding hydrogens is 2090 g/mol. The number of anilines is 4. The number of carbonyl (C=O) groups excluding carboxylic acids is 5. The van der Waals surface area contributed by atoms with E-state index in [0.717, 1.165) is 119 Å². The van der Waals surface area contributed by atoms with E-state index in [4.69, 9.17) is 39.6 Å². The largest absolute Gasteiger partial charge is 1.00 e. The second-order valence-electron chi connectivity index (χ2n) is 37.7. The predicted molar refractivity (Wildman–Crippen MR) is 580 cm³/mol. The van der Waals surface area contributed by atoms with Crippen molar-refractivity contribution in [1.29, 1.82) is 0 Å². The number of aromatic nitrogens is 8. The number of hydrogen-bond donors (Lipinski definition) is 10. The second-order valence-corrected chi connectivity index (χ2v) is 53.0. The maximum absolute atomic E-state index is 13.4. The molecule has 4 aromatic carbocycles. The summed E-state index contributed by atoms with van der Waals surface area (Å²) in [6.07, 6.45) is 36.4. The van der Waals surface area contributed by atoms with Gasteiger partial charge in [-0.05, 0) is 251 Å². The summed E-state index contributed by atoms with van der Waals surface area (Å²) in [5.74, 6) is 12.0. The Labute approximate surface area is 970 Å². The topological polar surface area (TPSA) is 439 Å². The number of hydrogen-bond acceptors (Lipinski definition) is 31. The molecule has 8 heterocycles. The molecule has 4 aliphatic rings. The van der Waals surface area contributed by atoms with Crippen molar-refractivity contribution in [3.63, 3.8) is 0 Å². The van der Waals surface area contributed by atoms with Gasteiger partial charge >= 0.3 is 113 Å². The van der Waals surface area contributed by atoms with Crippen LogP contribution in [0.3, 0.4) is 0 Å². The van der Waals surface area contributed by atoms with E-state index in [-0.39, 0.29) is 204 Å². The Morgan fingerprint density at radius 2 is 0.767 bits per heavy atom. The third-order valence-electron chi connectivity index (χ3n) is 24.3. The van der Waals surface area contributed by atoms with Crippen molar-refractivity contribution in [2.45, 2.75) is 175 Å². The molecule has 4 saturated carbocycles. The van der Waals surface area contributed by atoms with Crippen molar-refractivity contribution < 1.29 is 176 Å². The van der Waals surface area contributed by atoms with Crippen molar-refractivity contribution in [3.8, 4) is 48.1 Å². The van der Waals surface area contributed by atoms with E-state index in [9.17, 15) is 48.0 Å². The molecular formula is C108H126BrK2N13O15S5Si2. The Morgan fingerprint density at radius 1 is 0.479 bits per heavy atom. The minimum atomic E-state index is -4.09. The molecule has 146 heavy (non-hydrogen) atoms. The number of halogens is 1. The van der Waals surface area contributed by atoms with Crippen LogP contribution in [-0.2, 0) is 49.9 Å². The molecule has 0 bridgehead atoms. The molecule has 4 fully saturated rings. The van der Waals surface area contributed by atoms with E-state index in [2.05, 4.69) is 211 Å². The van der Waals surface area contributed by atoms with Crippen molar-refractivity contribution in [2.75, 3.05) is 54.8 Å². The molecule has 16 rings (SSSR count). The van der Waals surface area contributed by atoms with Gasteiger partial charge in [-0.25, -0.2) is 45.0 Å². The van der Waals surface area contributed by atoms with Crippen LogP contribution < -0.4 is 134 Å². The minimum absolute atomic E-state index is 0. The van der Waals surface area contributed by atoms with Crippen LogP contribution in [0, 0.1) is 89.5 Å². The first kappa shape index (κ1) is 124. The number of thiophene rings is 4. The van der Waals surface area contributed by atoms with Crippen LogP contribution in [0.15, 0.2) is 197 Å². The molecule has 11 N–H and O–H groups in total. The molecule has 8 aromatic heterocycles. The standard InChI is InChI=1S/C28H33N3O2SSi.C25H25N3O2S.C24H24N4O5S2.C23H24BrN3O2S.C5H10Si.CH2O3.CH4O.CH4.2K.H/c1-19-10-24(14-23(19)16-32)31-28-25(15-29-18-30-28)27(33)26-13-22(17-34-26)12-21-7-5-6-20(11-21)8-9-35(2,3)4;1-3-17-5-4-6-18(8-17)9-19-10-23(31-14-19)24(30)22-12-26-15-27-25(22)28-21-7-16(2)20(11-21)13-29;1-2-15-4-3-5-16(6-15)7-17-8-22(34-13-17)23(30)20-11-26-14-27-24(20)28-19-9-18(21(29)10-19)12-33-35(25,31)32;1-14-5-19(9-17(14)11-28)27-23-20(10-25-13-26-23)22(29)21-8-16(12-30-21)6-15-3-2-4-18(24)7-15;1-5-6(2,3)4;2-1-4-3;1-2;;;;/h5-7,11,13,15,17-19,23-24,32H,10,12,14,16H2,1-4H3,(H,29,30,31);1,4-6,8,10,12,14-16,20-21,29H,7,9,11,13H2,2H3,(H,26,27,28);1,3-6,8,11,13-14,18-19,21,29H,7,9-10,12H2,(H2,25,31,32)(H,26,27,28);2-4,7-8,10,12-14,17,19,28H,5-6,9,11H2,1H3,(H,25,26,27);1H,2-4H3;1,3H;2H,1H3;1H4;;;/q;;;;;;;;2*+1;-1/p-1/t19-,23+,24-;16-,20+,21-;18-,19-,21+;14-,17+,19-;;;;;;;/m0010......./s1. The number of aliphatic hydroxyl groups is 5. The zero-order valence-electron chi connectivity index (χ0n) is 84.4. The summed E-state index contributed by atoms with van der Waals surface area (Å²) in [7, 11) is -5.61. The number of aliphatic hydroxyl groups excluding tert-OH is 5. The van der Waals surface area contributed by atoms with Gasteiger partial charge in [-0.3, -0.25) is 28.2 Å². The molecule has 4 aliphatic carbocycles. The predicted octanol–water partition coefficient (Wildman–Crippen LogP) is 10.9. The van der Waals surface area contributed by atoms with E-state index in [1.165, 1.54) is 88.0 Å². The van der Waals surface area contributed by atoms with E-state index in [0.29, 0.717) is 108 Å². The third-order valence-corrected chi connectivity index (χ3v) is 31.0. The van der Waals surface area contributed by atoms with Crippen LogP contribution in [0.5, 0.6) is 0 Å². The van der Waals surface area contributed by atoms with Crippen molar-refractivity contribution >= 4 is 141 Å². The zero-order chi connectivity index (χ0) is 104. The Balaban J connectivity index is 0.000000286. The van der Waals surface area contributed by atoms with Crippen molar-refractivity contribution in [3.05, 3.63) is 300 Å². The molecule has 0 amide bonds. The van der Waals surface area contributed by atoms with Gasteiger partial charge < -0.3 is 58.4 Å².